The largest absolute Gasteiger partial charge is 0.376 e. The SMILES string of the molecule is CSc1ccc2nc(N(CC3CCCO3)C(=O)CCS(=O)(=O)c3ccc(C)cc3)sc2c1. The van der Waals surface area contributed by atoms with E-state index in [0.717, 1.165) is 33.5 Å². The van der Waals surface area contributed by atoms with Crippen LogP contribution in [-0.4, -0.2) is 50.6 Å². The molecule has 1 amide bonds. The zero-order valence-corrected chi connectivity index (χ0v) is 20.6. The fourth-order valence-electron chi connectivity index (χ4n) is 3.63. The molecule has 170 valence electrons. The predicted molar refractivity (Wildman–Crippen MR) is 131 cm³/mol. The van der Waals surface area contributed by atoms with Crippen LogP contribution in [-0.2, 0) is 19.4 Å². The van der Waals surface area contributed by atoms with Crippen molar-refractivity contribution in [3.63, 3.8) is 0 Å². The van der Waals surface area contributed by atoms with Crippen molar-refractivity contribution in [3.05, 3.63) is 48.0 Å². The van der Waals surface area contributed by atoms with E-state index in [1.165, 1.54) is 11.3 Å². The van der Waals surface area contributed by atoms with Crippen LogP contribution in [0.4, 0.5) is 5.13 Å². The van der Waals surface area contributed by atoms with Gasteiger partial charge in [-0.2, -0.15) is 0 Å². The third kappa shape index (κ3) is 5.33. The van der Waals surface area contributed by atoms with Gasteiger partial charge in [-0.1, -0.05) is 29.0 Å². The van der Waals surface area contributed by atoms with Gasteiger partial charge in [-0.25, -0.2) is 13.4 Å². The lowest BCUT2D eigenvalue weighted by Gasteiger charge is -2.23. The summed E-state index contributed by atoms with van der Waals surface area (Å²) in [5.74, 6) is -0.487. The van der Waals surface area contributed by atoms with E-state index < -0.39 is 9.84 Å². The standard InChI is InChI=1S/C23H26N2O4S3/c1-16-5-8-19(9-6-16)32(27,28)13-11-22(26)25(15-17-4-3-12-29-17)23-24-20-10-7-18(30-2)14-21(20)31-23/h5-10,14,17H,3-4,11-13,15H2,1-2H3. The lowest BCUT2D eigenvalue weighted by Crippen LogP contribution is -2.38. The minimum atomic E-state index is -3.55. The first-order valence-corrected chi connectivity index (χ1v) is 14.2. The van der Waals surface area contributed by atoms with Crippen molar-refractivity contribution in [2.75, 3.05) is 30.1 Å². The third-order valence-corrected chi connectivity index (χ3v) is 8.99. The normalized spacial score (nSPS) is 16.5. The molecular formula is C23H26N2O4S3. The number of anilines is 1. The molecule has 0 radical (unpaired) electrons. The first kappa shape index (κ1) is 23.2. The molecule has 1 fully saturated rings. The molecule has 3 aromatic rings. The van der Waals surface area contributed by atoms with Crippen LogP contribution in [0.15, 0.2) is 52.3 Å². The van der Waals surface area contributed by atoms with Gasteiger partial charge in [-0.05, 0) is 56.4 Å². The maximum atomic E-state index is 13.2. The maximum Gasteiger partial charge on any atom is 0.229 e. The molecule has 9 heteroatoms. The van der Waals surface area contributed by atoms with E-state index in [9.17, 15) is 13.2 Å². The molecule has 2 aromatic carbocycles. The number of sulfone groups is 1. The predicted octanol–water partition coefficient (Wildman–Crippen LogP) is 4.70. The summed E-state index contributed by atoms with van der Waals surface area (Å²) in [6.45, 7) is 2.98. The van der Waals surface area contributed by atoms with Crippen molar-refractivity contribution in [2.45, 2.75) is 42.1 Å². The van der Waals surface area contributed by atoms with E-state index in [0.29, 0.717) is 18.3 Å². The number of thioether (sulfide) groups is 1. The summed E-state index contributed by atoms with van der Waals surface area (Å²) in [7, 11) is -3.55. The molecule has 0 bridgehead atoms. The van der Waals surface area contributed by atoms with Crippen LogP contribution in [0.3, 0.4) is 0 Å². The van der Waals surface area contributed by atoms with Crippen molar-refractivity contribution < 1.29 is 17.9 Å². The number of ether oxygens (including phenoxy) is 1. The molecule has 0 aliphatic carbocycles. The summed E-state index contributed by atoms with van der Waals surface area (Å²) in [4.78, 5) is 20.9. The summed E-state index contributed by atoms with van der Waals surface area (Å²) in [6, 6.07) is 12.8. The quantitative estimate of drug-likeness (QED) is 0.426. The number of hydrogen-bond donors (Lipinski definition) is 0. The number of carbonyl (C=O) groups excluding carboxylic acids is 1. The summed E-state index contributed by atoms with van der Waals surface area (Å²) in [5.41, 5.74) is 1.82. The van der Waals surface area contributed by atoms with Gasteiger partial charge in [0, 0.05) is 17.9 Å². The minimum absolute atomic E-state index is 0.0542. The van der Waals surface area contributed by atoms with E-state index >= 15 is 0 Å². The zero-order valence-electron chi connectivity index (χ0n) is 18.1. The molecule has 1 unspecified atom stereocenters. The molecule has 1 atom stereocenters. The number of benzene rings is 2. The Morgan fingerprint density at radius 2 is 2.03 bits per heavy atom. The van der Waals surface area contributed by atoms with Gasteiger partial charge in [0.15, 0.2) is 15.0 Å². The number of fused-ring (bicyclic) bond motifs is 1. The van der Waals surface area contributed by atoms with E-state index in [1.54, 1.807) is 40.9 Å². The van der Waals surface area contributed by atoms with Gasteiger partial charge in [0.1, 0.15) is 0 Å². The Morgan fingerprint density at radius 3 is 2.72 bits per heavy atom. The second kappa shape index (κ2) is 9.91. The third-order valence-electron chi connectivity index (χ3n) is 5.49. The van der Waals surface area contributed by atoms with Gasteiger partial charge in [0.25, 0.3) is 0 Å². The molecule has 0 spiro atoms. The summed E-state index contributed by atoms with van der Waals surface area (Å²) < 4.78 is 32.3. The molecule has 32 heavy (non-hydrogen) atoms. The smallest absolute Gasteiger partial charge is 0.229 e. The number of rotatable bonds is 8. The molecule has 6 nitrogen and oxygen atoms in total. The molecule has 1 aliphatic rings. The molecule has 0 N–H and O–H groups in total. The van der Waals surface area contributed by atoms with E-state index in [2.05, 4.69) is 11.1 Å². The Kier molecular flexibility index (Phi) is 7.19. The first-order chi connectivity index (χ1) is 15.4. The summed E-state index contributed by atoms with van der Waals surface area (Å²) in [6.07, 6.45) is 3.71. The minimum Gasteiger partial charge on any atom is -0.376 e. The van der Waals surface area contributed by atoms with Crippen molar-refractivity contribution in [3.8, 4) is 0 Å². The Balaban J connectivity index is 1.55. The highest BCUT2D eigenvalue weighted by atomic mass is 32.2. The van der Waals surface area contributed by atoms with Crippen LogP contribution in [0.2, 0.25) is 0 Å². The average molecular weight is 491 g/mol. The van der Waals surface area contributed by atoms with Gasteiger partial charge < -0.3 is 4.74 Å². The molecule has 1 saturated heterocycles. The monoisotopic (exact) mass is 490 g/mol. The van der Waals surface area contributed by atoms with Crippen molar-refractivity contribution in [1.29, 1.82) is 0 Å². The first-order valence-electron chi connectivity index (χ1n) is 10.5. The molecule has 0 saturated carbocycles. The van der Waals surface area contributed by atoms with Crippen LogP contribution >= 0.6 is 23.1 Å². The van der Waals surface area contributed by atoms with Gasteiger partial charge in [0.2, 0.25) is 5.91 Å². The van der Waals surface area contributed by atoms with Gasteiger partial charge in [-0.3, -0.25) is 9.69 Å². The lowest BCUT2D eigenvalue weighted by atomic mass is 10.2. The Labute approximate surface area is 196 Å². The lowest BCUT2D eigenvalue weighted by molar-refractivity contribution is -0.118. The maximum absolute atomic E-state index is 13.2. The molecule has 1 aliphatic heterocycles. The molecule has 1 aromatic heterocycles. The van der Waals surface area contributed by atoms with Crippen LogP contribution < -0.4 is 4.90 Å². The zero-order chi connectivity index (χ0) is 22.7. The highest BCUT2D eigenvalue weighted by molar-refractivity contribution is 7.98. The van der Waals surface area contributed by atoms with Crippen LogP contribution in [0.5, 0.6) is 0 Å². The number of thiazole rings is 1. The highest BCUT2D eigenvalue weighted by Crippen LogP contribution is 2.32. The fraction of sp³-hybridized carbons (Fsp3) is 0.391. The molecule has 4 rings (SSSR count). The van der Waals surface area contributed by atoms with E-state index in [-0.39, 0.29) is 29.1 Å². The van der Waals surface area contributed by atoms with Crippen molar-refractivity contribution in [2.24, 2.45) is 0 Å². The molecular weight excluding hydrogens is 464 g/mol. The van der Waals surface area contributed by atoms with Gasteiger partial charge >= 0.3 is 0 Å². The van der Waals surface area contributed by atoms with Gasteiger partial charge in [0.05, 0.1) is 33.5 Å². The number of amides is 1. The summed E-state index contributed by atoms with van der Waals surface area (Å²) in [5, 5.41) is 0.589. The number of aromatic nitrogens is 1. The Bertz CT molecular complexity index is 1200. The fourth-order valence-corrected chi connectivity index (χ4v) is 6.41. The number of nitrogens with zero attached hydrogens (tertiary/aromatic N) is 2. The van der Waals surface area contributed by atoms with E-state index in [4.69, 9.17) is 4.74 Å². The van der Waals surface area contributed by atoms with Gasteiger partial charge in [-0.15, -0.1) is 11.8 Å². The van der Waals surface area contributed by atoms with Crippen LogP contribution in [0, 0.1) is 6.92 Å². The second-order valence-electron chi connectivity index (χ2n) is 7.85. The van der Waals surface area contributed by atoms with Crippen molar-refractivity contribution in [1.82, 2.24) is 4.98 Å². The summed E-state index contributed by atoms with van der Waals surface area (Å²) >= 11 is 3.11. The Morgan fingerprint density at radius 1 is 1.25 bits per heavy atom. The topological polar surface area (TPSA) is 76.6 Å². The number of hydrogen-bond acceptors (Lipinski definition) is 7. The number of aryl methyl sites for hydroxylation is 1. The van der Waals surface area contributed by atoms with Crippen LogP contribution in [0.25, 0.3) is 10.2 Å². The second-order valence-corrected chi connectivity index (χ2v) is 11.8. The average Bonchev–Trinajstić information content (AvgIpc) is 3.45. The van der Waals surface area contributed by atoms with E-state index in [1.807, 2.05) is 25.3 Å². The number of carbonyl (C=O) groups is 1. The highest BCUT2D eigenvalue weighted by Gasteiger charge is 2.27. The van der Waals surface area contributed by atoms with Crippen LogP contribution in [0.1, 0.15) is 24.8 Å². The Hall–Kier alpha value is -1.94. The molecule has 2 heterocycles. The van der Waals surface area contributed by atoms with Crippen molar-refractivity contribution >= 4 is 54.2 Å².